The van der Waals surface area contributed by atoms with Crippen molar-refractivity contribution < 1.29 is 14.7 Å². The molecule has 0 aliphatic heterocycles. The van der Waals surface area contributed by atoms with Gasteiger partial charge in [-0.1, -0.05) is 23.7 Å². The normalized spacial score (nSPS) is 11.0. The Morgan fingerprint density at radius 1 is 1.07 bits per heavy atom. The van der Waals surface area contributed by atoms with Crippen LogP contribution in [0, 0.1) is 0 Å². The van der Waals surface area contributed by atoms with Gasteiger partial charge < -0.3 is 21.1 Å². The molecule has 0 heterocycles. The number of nitrogens with one attached hydrogen (secondary N) is 3. The van der Waals surface area contributed by atoms with Gasteiger partial charge in [-0.05, 0) is 49.7 Å². The van der Waals surface area contributed by atoms with E-state index in [0.29, 0.717) is 28.4 Å². The summed E-state index contributed by atoms with van der Waals surface area (Å²) in [7, 11) is 1.59. The number of carbonyl (C=O) groups is 2. The number of anilines is 1. The van der Waals surface area contributed by atoms with E-state index in [-0.39, 0.29) is 18.4 Å². The molecule has 27 heavy (non-hydrogen) atoms. The highest BCUT2D eigenvalue weighted by molar-refractivity contribution is 6.31. The maximum atomic E-state index is 12.4. The van der Waals surface area contributed by atoms with Gasteiger partial charge in [-0.3, -0.25) is 9.59 Å². The Bertz CT molecular complexity index is 837. The number of hydrogen-bond donors (Lipinski definition) is 4. The standard InChI is InChI=1S/C20H24ClN3O3/c1-20(2,12-25)24-19(27)15-8-16(21)10-17(9-15)23-11-13-5-4-6-14(7-13)18(26)22-3/h4-10,23,25H,11-12H2,1-3H3,(H,22,26)(H,24,27). The number of aliphatic hydroxyl groups is 1. The van der Waals surface area contributed by atoms with Crippen LogP contribution in [0.1, 0.15) is 40.1 Å². The lowest BCUT2D eigenvalue weighted by Crippen LogP contribution is -2.46. The van der Waals surface area contributed by atoms with Crippen molar-refractivity contribution in [3.63, 3.8) is 0 Å². The van der Waals surface area contributed by atoms with Crippen LogP contribution in [-0.4, -0.2) is 36.1 Å². The van der Waals surface area contributed by atoms with Crippen LogP contribution in [0.5, 0.6) is 0 Å². The van der Waals surface area contributed by atoms with Crippen molar-refractivity contribution in [2.75, 3.05) is 19.0 Å². The number of carbonyl (C=O) groups excluding carboxylic acids is 2. The third-order valence-electron chi connectivity index (χ3n) is 3.92. The molecule has 2 aromatic rings. The molecule has 0 aromatic heterocycles. The summed E-state index contributed by atoms with van der Waals surface area (Å²) in [5.74, 6) is -0.466. The van der Waals surface area contributed by atoms with Crippen LogP contribution < -0.4 is 16.0 Å². The molecule has 0 aliphatic carbocycles. The first-order valence-corrected chi connectivity index (χ1v) is 8.91. The van der Waals surface area contributed by atoms with Crippen molar-refractivity contribution in [2.24, 2.45) is 0 Å². The van der Waals surface area contributed by atoms with Crippen LogP contribution in [0.25, 0.3) is 0 Å². The van der Waals surface area contributed by atoms with E-state index in [1.54, 1.807) is 51.2 Å². The first kappa shape index (κ1) is 20.7. The Morgan fingerprint density at radius 2 is 1.81 bits per heavy atom. The molecule has 0 radical (unpaired) electrons. The highest BCUT2D eigenvalue weighted by Gasteiger charge is 2.20. The van der Waals surface area contributed by atoms with Gasteiger partial charge in [0.2, 0.25) is 0 Å². The summed E-state index contributed by atoms with van der Waals surface area (Å²) in [4.78, 5) is 24.1. The molecule has 0 atom stereocenters. The average Bonchev–Trinajstić information content (AvgIpc) is 2.65. The Morgan fingerprint density at radius 3 is 2.48 bits per heavy atom. The van der Waals surface area contributed by atoms with Gasteiger partial charge in [0.15, 0.2) is 0 Å². The summed E-state index contributed by atoms with van der Waals surface area (Å²) < 4.78 is 0. The summed E-state index contributed by atoms with van der Waals surface area (Å²) in [6.45, 7) is 3.75. The highest BCUT2D eigenvalue weighted by atomic mass is 35.5. The van der Waals surface area contributed by atoms with E-state index in [0.717, 1.165) is 5.56 Å². The number of rotatable bonds is 7. The monoisotopic (exact) mass is 389 g/mol. The van der Waals surface area contributed by atoms with Crippen molar-refractivity contribution in [2.45, 2.75) is 25.9 Å². The van der Waals surface area contributed by atoms with Crippen LogP contribution in [0.3, 0.4) is 0 Å². The fourth-order valence-corrected chi connectivity index (χ4v) is 2.65. The molecule has 7 heteroatoms. The first-order valence-electron chi connectivity index (χ1n) is 8.53. The minimum absolute atomic E-state index is 0.148. The number of benzene rings is 2. The van der Waals surface area contributed by atoms with Gasteiger partial charge in [0, 0.05) is 35.4 Å². The van der Waals surface area contributed by atoms with Gasteiger partial charge in [0.1, 0.15) is 0 Å². The average molecular weight is 390 g/mol. The van der Waals surface area contributed by atoms with E-state index < -0.39 is 5.54 Å². The van der Waals surface area contributed by atoms with Crippen LogP contribution in [0.15, 0.2) is 42.5 Å². The zero-order valence-electron chi connectivity index (χ0n) is 15.6. The summed E-state index contributed by atoms with van der Waals surface area (Å²) in [5.41, 5.74) is 1.84. The molecule has 6 nitrogen and oxygen atoms in total. The largest absolute Gasteiger partial charge is 0.394 e. The molecule has 0 unspecified atom stereocenters. The summed E-state index contributed by atoms with van der Waals surface area (Å²) >= 11 is 6.14. The van der Waals surface area contributed by atoms with Gasteiger partial charge in [-0.25, -0.2) is 0 Å². The molecule has 0 saturated heterocycles. The molecule has 2 aromatic carbocycles. The SMILES string of the molecule is CNC(=O)c1cccc(CNc2cc(Cl)cc(C(=O)NC(C)(C)CO)c2)c1. The van der Waals surface area contributed by atoms with E-state index in [1.165, 1.54) is 0 Å². The van der Waals surface area contributed by atoms with E-state index in [1.807, 2.05) is 12.1 Å². The molecular formula is C20H24ClN3O3. The van der Waals surface area contributed by atoms with E-state index in [4.69, 9.17) is 11.6 Å². The van der Waals surface area contributed by atoms with Gasteiger partial charge in [-0.15, -0.1) is 0 Å². The third-order valence-corrected chi connectivity index (χ3v) is 4.14. The van der Waals surface area contributed by atoms with E-state index in [2.05, 4.69) is 16.0 Å². The topological polar surface area (TPSA) is 90.5 Å². The summed E-state index contributed by atoms with van der Waals surface area (Å²) in [6.07, 6.45) is 0. The number of aliphatic hydroxyl groups excluding tert-OH is 1. The molecule has 4 N–H and O–H groups in total. The summed E-state index contributed by atoms with van der Waals surface area (Å²) in [6, 6.07) is 12.2. The van der Waals surface area contributed by atoms with Crippen molar-refractivity contribution in [3.05, 3.63) is 64.2 Å². The zero-order chi connectivity index (χ0) is 20.0. The van der Waals surface area contributed by atoms with Gasteiger partial charge in [-0.2, -0.15) is 0 Å². The lowest BCUT2D eigenvalue weighted by molar-refractivity contribution is 0.0868. The second-order valence-electron chi connectivity index (χ2n) is 6.86. The van der Waals surface area contributed by atoms with Crippen molar-refractivity contribution >= 4 is 29.1 Å². The van der Waals surface area contributed by atoms with Gasteiger partial charge in [0.25, 0.3) is 11.8 Å². The highest BCUT2D eigenvalue weighted by Crippen LogP contribution is 2.21. The molecular weight excluding hydrogens is 366 g/mol. The second kappa shape index (κ2) is 8.88. The molecule has 0 bridgehead atoms. The van der Waals surface area contributed by atoms with Crippen LogP contribution in [0.2, 0.25) is 5.02 Å². The summed E-state index contributed by atoms with van der Waals surface area (Å²) in [5, 5.41) is 18.3. The predicted octanol–water partition coefficient (Wildman–Crippen LogP) is 2.81. The molecule has 0 aliphatic rings. The van der Waals surface area contributed by atoms with Crippen molar-refractivity contribution in [1.82, 2.24) is 10.6 Å². The Hall–Kier alpha value is -2.57. The number of hydrogen-bond acceptors (Lipinski definition) is 4. The minimum atomic E-state index is -0.729. The zero-order valence-corrected chi connectivity index (χ0v) is 16.4. The predicted molar refractivity (Wildman–Crippen MR) is 107 cm³/mol. The van der Waals surface area contributed by atoms with E-state index in [9.17, 15) is 14.7 Å². The molecule has 0 saturated carbocycles. The van der Waals surface area contributed by atoms with Crippen LogP contribution >= 0.6 is 11.6 Å². The molecule has 2 rings (SSSR count). The third kappa shape index (κ3) is 5.98. The fourth-order valence-electron chi connectivity index (χ4n) is 2.41. The maximum Gasteiger partial charge on any atom is 0.251 e. The Labute approximate surface area is 163 Å². The minimum Gasteiger partial charge on any atom is -0.394 e. The Balaban J connectivity index is 2.13. The lowest BCUT2D eigenvalue weighted by Gasteiger charge is -2.23. The quantitative estimate of drug-likeness (QED) is 0.586. The van der Waals surface area contributed by atoms with Gasteiger partial charge in [0.05, 0.1) is 12.1 Å². The van der Waals surface area contributed by atoms with Gasteiger partial charge >= 0.3 is 0 Å². The second-order valence-corrected chi connectivity index (χ2v) is 7.29. The molecule has 144 valence electrons. The molecule has 0 spiro atoms. The molecule has 0 fully saturated rings. The van der Waals surface area contributed by atoms with E-state index >= 15 is 0 Å². The molecule has 2 amide bonds. The fraction of sp³-hybridized carbons (Fsp3) is 0.300. The Kier molecular flexibility index (Phi) is 6.82. The smallest absolute Gasteiger partial charge is 0.251 e. The number of amides is 2. The lowest BCUT2D eigenvalue weighted by atomic mass is 10.1. The number of halogens is 1. The van der Waals surface area contributed by atoms with Crippen LogP contribution in [0.4, 0.5) is 5.69 Å². The maximum absolute atomic E-state index is 12.4. The van der Waals surface area contributed by atoms with Crippen LogP contribution in [-0.2, 0) is 6.54 Å². The van der Waals surface area contributed by atoms with Crippen molar-refractivity contribution in [3.8, 4) is 0 Å². The first-order chi connectivity index (χ1) is 12.7. The van der Waals surface area contributed by atoms with Crippen molar-refractivity contribution in [1.29, 1.82) is 0 Å².